The molecule has 4 heteroatoms. The summed E-state index contributed by atoms with van der Waals surface area (Å²) in [6.07, 6.45) is 1.12. The first-order valence-corrected chi connectivity index (χ1v) is 4.10. The largest absolute Gasteiger partial charge is 0.368 e. The van der Waals surface area contributed by atoms with Gasteiger partial charge in [0.15, 0.2) is 5.82 Å². The van der Waals surface area contributed by atoms with E-state index in [9.17, 15) is 0 Å². The van der Waals surface area contributed by atoms with E-state index in [1.165, 1.54) is 11.7 Å². The van der Waals surface area contributed by atoms with E-state index in [2.05, 4.69) is 21.0 Å². The van der Waals surface area contributed by atoms with Gasteiger partial charge in [-0.05, 0) is 13.3 Å². The highest BCUT2D eigenvalue weighted by Gasteiger charge is 1.98. The number of aromatic nitrogens is 2. The highest BCUT2D eigenvalue weighted by Crippen LogP contribution is 2.09. The van der Waals surface area contributed by atoms with Crippen LogP contribution in [-0.4, -0.2) is 15.3 Å². The average molecular weight is 157 g/mol. The van der Waals surface area contributed by atoms with Crippen molar-refractivity contribution in [3.05, 3.63) is 5.69 Å². The Kier molecular flexibility index (Phi) is 2.62. The first-order valence-electron chi connectivity index (χ1n) is 3.37. The predicted octanol–water partition coefficient (Wildman–Crippen LogP) is 1.67. The van der Waals surface area contributed by atoms with Crippen LogP contribution < -0.4 is 5.32 Å². The van der Waals surface area contributed by atoms with Crippen molar-refractivity contribution in [1.29, 1.82) is 0 Å². The molecule has 0 aliphatic heterocycles. The number of hydrogen-bond acceptors (Lipinski definition) is 4. The zero-order valence-electron chi connectivity index (χ0n) is 6.22. The van der Waals surface area contributed by atoms with Crippen molar-refractivity contribution in [1.82, 2.24) is 8.75 Å². The van der Waals surface area contributed by atoms with Crippen molar-refractivity contribution in [2.24, 2.45) is 0 Å². The van der Waals surface area contributed by atoms with Crippen LogP contribution in [0.4, 0.5) is 5.82 Å². The summed E-state index contributed by atoms with van der Waals surface area (Å²) >= 11 is 1.25. The van der Waals surface area contributed by atoms with Crippen LogP contribution in [0, 0.1) is 6.92 Å². The second-order valence-corrected chi connectivity index (χ2v) is 2.65. The van der Waals surface area contributed by atoms with Crippen LogP contribution in [0.15, 0.2) is 0 Å². The number of nitrogens with zero attached hydrogens (tertiary/aromatic N) is 2. The Balaban J connectivity index is 2.49. The molecule has 0 amide bonds. The van der Waals surface area contributed by atoms with Gasteiger partial charge in [-0.25, -0.2) is 0 Å². The molecule has 0 fully saturated rings. The maximum atomic E-state index is 4.07. The molecule has 0 bridgehead atoms. The third-order valence-electron chi connectivity index (χ3n) is 1.20. The Labute approximate surface area is 64.8 Å². The van der Waals surface area contributed by atoms with Crippen molar-refractivity contribution < 1.29 is 0 Å². The topological polar surface area (TPSA) is 37.8 Å². The van der Waals surface area contributed by atoms with Gasteiger partial charge in [-0.15, -0.1) is 0 Å². The van der Waals surface area contributed by atoms with Gasteiger partial charge in [0, 0.05) is 6.54 Å². The van der Waals surface area contributed by atoms with Crippen molar-refractivity contribution in [3.63, 3.8) is 0 Å². The van der Waals surface area contributed by atoms with E-state index < -0.39 is 0 Å². The minimum absolute atomic E-state index is 0.937. The van der Waals surface area contributed by atoms with Crippen LogP contribution in [0.3, 0.4) is 0 Å². The van der Waals surface area contributed by atoms with Gasteiger partial charge < -0.3 is 5.32 Å². The zero-order chi connectivity index (χ0) is 7.40. The molecule has 10 heavy (non-hydrogen) atoms. The molecule has 56 valence electrons. The van der Waals surface area contributed by atoms with E-state index in [-0.39, 0.29) is 0 Å². The van der Waals surface area contributed by atoms with E-state index in [0.717, 1.165) is 24.5 Å². The van der Waals surface area contributed by atoms with E-state index in [0.29, 0.717) is 0 Å². The SMILES string of the molecule is CCCNc1nsnc1C. The van der Waals surface area contributed by atoms with Crippen molar-refractivity contribution >= 4 is 17.5 Å². The number of anilines is 1. The average Bonchev–Trinajstić information content (AvgIpc) is 2.31. The number of nitrogens with one attached hydrogen (secondary N) is 1. The lowest BCUT2D eigenvalue weighted by Crippen LogP contribution is -2.00. The third-order valence-corrected chi connectivity index (χ3v) is 1.81. The number of hydrogen-bond donors (Lipinski definition) is 1. The Morgan fingerprint density at radius 3 is 2.80 bits per heavy atom. The molecule has 1 aromatic heterocycles. The molecule has 0 atom stereocenters. The standard InChI is InChI=1S/C6H11N3S/c1-3-4-7-6-5(2)8-10-9-6/h3-4H2,1-2H3,(H,7,9). The van der Waals surface area contributed by atoms with Crippen molar-refractivity contribution in [2.45, 2.75) is 20.3 Å². The molecule has 0 unspecified atom stereocenters. The van der Waals surface area contributed by atoms with E-state index >= 15 is 0 Å². The molecule has 3 nitrogen and oxygen atoms in total. The van der Waals surface area contributed by atoms with Gasteiger partial charge in [0.2, 0.25) is 0 Å². The summed E-state index contributed by atoms with van der Waals surface area (Å²) < 4.78 is 8.11. The molecule has 1 rings (SSSR count). The van der Waals surface area contributed by atoms with Crippen LogP contribution >= 0.6 is 11.7 Å². The summed E-state index contributed by atoms with van der Waals surface area (Å²) in [6.45, 7) is 5.07. The highest BCUT2D eigenvalue weighted by atomic mass is 32.1. The van der Waals surface area contributed by atoms with E-state index in [1.54, 1.807) is 0 Å². The van der Waals surface area contributed by atoms with Gasteiger partial charge >= 0.3 is 0 Å². The molecule has 0 aliphatic rings. The van der Waals surface area contributed by atoms with Crippen LogP contribution in [0.1, 0.15) is 19.0 Å². The van der Waals surface area contributed by atoms with Gasteiger partial charge in [-0.2, -0.15) is 8.75 Å². The van der Waals surface area contributed by atoms with Crippen molar-refractivity contribution in [3.8, 4) is 0 Å². The number of aryl methyl sites for hydroxylation is 1. The van der Waals surface area contributed by atoms with Gasteiger partial charge in [0.05, 0.1) is 17.4 Å². The van der Waals surface area contributed by atoms with Gasteiger partial charge in [0.25, 0.3) is 0 Å². The van der Waals surface area contributed by atoms with Gasteiger partial charge in [-0.3, -0.25) is 0 Å². The monoisotopic (exact) mass is 157 g/mol. The Morgan fingerprint density at radius 1 is 1.50 bits per heavy atom. The summed E-state index contributed by atoms with van der Waals surface area (Å²) in [5.74, 6) is 0.937. The molecular formula is C6H11N3S. The quantitative estimate of drug-likeness (QED) is 0.725. The second kappa shape index (κ2) is 3.51. The van der Waals surface area contributed by atoms with Crippen LogP contribution in [0.25, 0.3) is 0 Å². The smallest absolute Gasteiger partial charge is 0.162 e. The van der Waals surface area contributed by atoms with Crippen LogP contribution in [0.2, 0.25) is 0 Å². The summed E-state index contributed by atoms with van der Waals surface area (Å²) in [7, 11) is 0. The molecule has 0 radical (unpaired) electrons. The minimum Gasteiger partial charge on any atom is -0.368 e. The summed E-state index contributed by atoms with van der Waals surface area (Å²) in [5, 5.41) is 3.18. The van der Waals surface area contributed by atoms with E-state index in [4.69, 9.17) is 0 Å². The van der Waals surface area contributed by atoms with Crippen molar-refractivity contribution in [2.75, 3.05) is 11.9 Å². The molecule has 0 aliphatic carbocycles. The third kappa shape index (κ3) is 1.67. The molecule has 0 spiro atoms. The van der Waals surface area contributed by atoms with Gasteiger partial charge in [-0.1, -0.05) is 6.92 Å². The summed E-state index contributed by atoms with van der Waals surface area (Å²) in [4.78, 5) is 0. The normalized spacial score (nSPS) is 9.80. The summed E-state index contributed by atoms with van der Waals surface area (Å²) in [6, 6.07) is 0. The molecule has 0 saturated carbocycles. The first-order chi connectivity index (χ1) is 4.84. The van der Waals surface area contributed by atoms with E-state index in [1.807, 2.05) is 6.92 Å². The predicted molar refractivity (Wildman–Crippen MR) is 43.4 cm³/mol. The fraction of sp³-hybridized carbons (Fsp3) is 0.667. The molecule has 1 aromatic rings. The minimum atomic E-state index is 0.937. The summed E-state index contributed by atoms with van der Waals surface area (Å²) in [5.41, 5.74) is 0.999. The zero-order valence-corrected chi connectivity index (χ0v) is 7.03. The first kappa shape index (κ1) is 7.47. The molecular weight excluding hydrogens is 146 g/mol. The lowest BCUT2D eigenvalue weighted by molar-refractivity contribution is 0.970. The highest BCUT2D eigenvalue weighted by molar-refractivity contribution is 6.99. The Hall–Kier alpha value is -0.640. The molecule has 1 N–H and O–H groups in total. The second-order valence-electron chi connectivity index (χ2n) is 2.13. The van der Waals surface area contributed by atoms with Crippen LogP contribution in [0.5, 0.6) is 0 Å². The lowest BCUT2D eigenvalue weighted by Gasteiger charge is -1.98. The fourth-order valence-electron chi connectivity index (χ4n) is 0.635. The molecule has 1 heterocycles. The maximum absolute atomic E-state index is 4.07. The molecule has 0 aromatic carbocycles. The molecule has 0 saturated heterocycles. The maximum Gasteiger partial charge on any atom is 0.162 e. The Bertz CT molecular complexity index is 197. The Morgan fingerprint density at radius 2 is 2.30 bits per heavy atom. The fourth-order valence-corrected chi connectivity index (χ4v) is 1.16. The number of rotatable bonds is 3. The van der Waals surface area contributed by atoms with Crippen LogP contribution in [-0.2, 0) is 0 Å². The van der Waals surface area contributed by atoms with Gasteiger partial charge in [0.1, 0.15) is 0 Å². The lowest BCUT2D eigenvalue weighted by atomic mass is 10.4.